The van der Waals surface area contributed by atoms with Crippen molar-refractivity contribution < 1.29 is 19.1 Å². The molecule has 0 aliphatic carbocycles. The number of amidine groups is 1. The monoisotopic (exact) mass is 462 g/mol. The first-order valence-electron chi connectivity index (χ1n) is 11.3. The van der Waals surface area contributed by atoms with Gasteiger partial charge in [-0.1, -0.05) is 25.1 Å². The SMILES string of the molecule is CCC(=O)NCC1(C)C(=O)C(=C2Cc3ccccc3N2)C(=NC)N1c1cc(OC)cc(OC)c1. The van der Waals surface area contributed by atoms with Gasteiger partial charge in [0.1, 0.15) is 22.9 Å². The molecule has 178 valence electrons. The number of methoxy groups -OCH3 is 2. The van der Waals surface area contributed by atoms with Crippen molar-refractivity contribution in [3.63, 3.8) is 0 Å². The van der Waals surface area contributed by atoms with Crippen molar-refractivity contribution >= 4 is 28.9 Å². The van der Waals surface area contributed by atoms with Gasteiger partial charge in [0.25, 0.3) is 0 Å². The molecule has 8 heteroatoms. The molecule has 0 saturated carbocycles. The van der Waals surface area contributed by atoms with E-state index < -0.39 is 5.54 Å². The van der Waals surface area contributed by atoms with E-state index in [1.165, 1.54) is 0 Å². The van der Waals surface area contributed by atoms with Crippen LogP contribution in [-0.4, -0.2) is 50.9 Å². The minimum absolute atomic E-state index is 0.110. The molecular formula is C26H30N4O4. The molecule has 0 radical (unpaired) electrons. The number of carbonyl (C=O) groups excluding carboxylic acids is 2. The molecule has 2 aliphatic rings. The zero-order valence-electron chi connectivity index (χ0n) is 20.2. The van der Waals surface area contributed by atoms with Crippen molar-refractivity contribution in [1.82, 2.24) is 5.32 Å². The summed E-state index contributed by atoms with van der Waals surface area (Å²) in [6, 6.07) is 13.4. The van der Waals surface area contributed by atoms with Crippen LogP contribution in [0.5, 0.6) is 11.5 Å². The smallest absolute Gasteiger partial charge is 0.219 e. The van der Waals surface area contributed by atoms with Crippen LogP contribution in [-0.2, 0) is 16.0 Å². The second kappa shape index (κ2) is 9.21. The number of aliphatic imine (C=N–C) groups is 1. The third kappa shape index (κ3) is 3.89. The van der Waals surface area contributed by atoms with Gasteiger partial charge in [-0.2, -0.15) is 0 Å². The number of allylic oxidation sites excluding steroid dienone is 1. The van der Waals surface area contributed by atoms with Crippen molar-refractivity contribution in [2.75, 3.05) is 38.0 Å². The summed E-state index contributed by atoms with van der Waals surface area (Å²) in [5.74, 6) is 1.47. The average molecular weight is 463 g/mol. The number of hydrogen-bond acceptors (Lipinski definition) is 6. The topological polar surface area (TPSA) is 92.3 Å². The Hall–Kier alpha value is -3.81. The molecule has 8 nitrogen and oxygen atoms in total. The normalized spacial score (nSPS) is 22.6. The summed E-state index contributed by atoms with van der Waals surface area (Å²) in [5.41, 5.74) is 3.01. The molecule has 0 aromatic heterocycles. The number of rotatable bonds is 6. The summed E-state index contributed by atoms with van der Waals surface area (Å²) in [7, 11) is 4.83. The zero-order chi connectivity index (χ0) is 24.5. The number of fused-ring (bicyclic) bond motifs is 1. The standard InChI is InChI=1S/C26H30N4O4/c1-6-22(31)28-15-26(2)24(32)23(21-11-16-9-7-8-10-20(16)29-21)25(27-3)30(26)17-12-18(33-4)14-19(13-17)34-5/h7-10,12-14,29H,6,11,15H2,1-5H3,(H,28,31). The first-order valence-corrected chi connectivity index (χ1v) is 11.3. The van der Waals surface area contributed by atoms with Gasteiger partial charge in [-0.3, -0.25) is 14.6 Å². The minimum atomic E-state index is -1.10. The summed E-state index contributed by atoms with van der Waals surface area (Å²) < 4.78 is 11.0. The van der Waals surface area contributed by atoms with Crippen LogP contribution < -0.4 is 25.0 Å². The fourth-order valence-corrected chi connectivity index (χ4v) is 4.53. The van der Waals surface area contributed by atoms with E-state index in [2.05, 4.69) is 15.6 Å². The summed E-state index contributed by atoms with van der Waals surface area (Å²) in [4.78, 5) is 32.7. The average Bonchev–Trinajstić information content (AvgIpc) is 3.38. The molecule has 2 aliphatic heterocycles. The fraction of sp³-hybridized carbons (Fsp3) is 0.346. The molecule has 2 heterocycles. The van der Waals surface area contributed by atoms with Crippen LogP contribution in [0.3, 0.4) is 0 Å². The Morgan fingerprint density at radius 3 is 2.44 bits per heavy atom. The maximum Gasteiger partial charge on any atom is 0.219 e. The van der Waals surface area contributed by atoms with Gasteiger partial charge in [-0.15, -0.1) is 0 Å². The van der Waals surface area contributed by atoms with E-state index in [0.29, 0.717) is 41.4 Å². The van der Waals surface area contributed by atoms with E-state index >= 15 is 0 Å². The van der Waals surface area contributed by atoms with Gasteiger partial charge in [0.15, 0.2) is 5.78 Å². The molecular weight excluding hydrogens is 432 g/mol. The largest absolute Gasteiger partial charge is 0.497 e. The predicted octanol–water partition coefficient (Wildman–Crippen LogP) is 3.33. The number of nitrogens with one attached hydrogen (secondary N) is 2. The lowest BCUT2D eigenvalue weighted by atomic mass is 9.93. The molecule has 2 aromatic rings. The Bertz CT molecular complexity index is 1150. The lowest BCUT2D eigenvalue weighted by molar-refractivity contribution is -0.122. The third-order valence-electron chi connectivity index (χ3n) is 6.37. The fourth-order valence-electron chi connectivity index (χ4n) is 4.53. The highest BCUT2D eigenvalue weighted by molar-refractivity contribution is 6.38. The predicted molar refractivity (Wildman–Crippen MR) is 133 cm³/mol. The van der Waals surface area contributed by atoms with Gasteiger partial charge < -0.3 is 25.0 Å². The number of nitrogens with zero attached hydrogens (tertiary/aromatic N) is 2. The number of anilines is 2. The minimum Gasteiger partial charge on any atom is -0.497 e. The van der Waals surface area contributed by atoms with Gasteiger partial charge in [0, 0.05) is 56.0 Å². The Balaban J connectivity index is 1.88. The van der Waals surface area contributed by atoms with E-state index in [-0.39, 0.29) is 18.2 Å². The Kier molecular flexibility index (Phi) is 6.32. The van der Waals surface area contributed by atoms with Gasteiger partial charge >= 0.3 is 0 Å². The maximum atomic E-state index is 14.1. The maximum absolute atomic E-state index is 14.1. The van der Waals surface area contributed by atoms with Gasteiger partial charge in [0.05, 0.1) is 25.5 Å². The van der Waals surface area contributed by atoms with E-state index in [9.17, 15) is 9.59 Å². The highest BCUT2D eigenvalue weighted by Gasteiger charge is 2.53. The highest BCUT2D eigenvalue weighted by atomic mass is 16.5. The summed E-state index contributed by atoms with van der Waals surface area (Å²) in [6.07, 6.45) is 0.930. The Labute approximate surface area is 199 Å². The van der Waals surface area contributed by atoms with Crippen molar-refractivity contribution in [3.8, 4) is 11.5 Å². The number of ether oxygens (including phenoxy) is 2. The zero-order valence-corrected chi connectivity index (χ0v) is 20.2. The molecule has 2 aromatic carbocycles. The van der Waals surface area contributed by atoms with Crippen molar-refractivity contribution in [3.05, 3.63) is 59.3 Å². The molecule has 34 heavy (non-hydrogen) atoms. The molecule has 1 saturated heterocycles. The molecule has 0 spiro atoms. The lowest BCUT2D eigenvalue weighted by Gasteiger charge is -2.35. The van der Waals surface area contributed by atoms with Crippen LogP contribution in [0.15, 0.2) is 58.7 Å². The van der Waals surface area contributed by atoms with Crippen LogP contribution >= 0.6 is 0 Å². The van der Waals surface area contributed by atoms with Gasteiger partial charge in [-0.25, -0.2) is 0 Å². The van der Waals surface area contributed by atoms with E-state index in [0.717, 1.165) is 16.9 Å². The van der Waals surface area contributed by atoms with Gasteiger partial charge in [0.2, 0.25) is 5.91 Å². The quantitative estimate of drug-likeness (QED) is 0.640. The number of carbonyl (C=O) groups is 2. The molecule has 1 atom stereocenters. The summed E-state index contributed by atoms with van der Waals surface area (Å²) >= 11 is 0. The lowest BCUT2D eigenvalue weighted by Crippen LogP contribution is -2.55. The molecule has 0 bridgehead atoms. The van der Waals surface area contributed by atoms with Crippen LogP contribution in [0.25, 0.3) is 0 Å². The Morgan fingerprint density at radius 1 is 1.18 bits per heavy atom. The summed E-state index contributed by atoms with van der Waals surface area (Å²) in [5, 5.41) is 6.33. The second-order valence-corrected chi connectivity index (χ2v) is 8.50. The molecule has 1 unspecified atom stereocenters. The van der Waals surface area contributed by atoms with Gasteiger partial charge in [-0.05, 0) is 18.6 Å². The van der Waals surface area contributed by atoms with Crippen LogP contribution in [0.2, 0.25) is 0 Å². The molecule has 4 rings (SSSR count). The number of para-hydroxylation sites is 1. The Morgan fingerprint density at radius 2 is 1.85 bits per heavy atom. The summed E-state index contributed by atoms with van der Waals surface area (Å²) in [6.45, 7) is 3.74. The number of amides is 1. The van der Waals surface area contributed by atoms with E-state index in [4.69, 9.17) is 9.47 Å². The first kappa shape index (κ1) is 23.4. The molecule has 1 fully saturated rings. The van der Waals surface area contributed by atoms with Crippen LogP contribution in [0.4, 0.5) is 11.4 Å². The second-order valence-electron chi connectivity index (χ2n) is 8.50. The molecule has 2 N–H and O–H groups in total. The van der Waals surface area contributed by atoms with Crippen LogP contribution in [0, 0.1) is 0 Å². The highest BCUT2D eigenvalue weighted by Crippen LogP contribution is 2.42. The van der Waals surface area contributed by atoms with E-state index in [1.54, 1.807) is 34.3 Å². The van der Waals surface area contributed by atoms with Crippen LogP contribution in [0.1, 0.15) is 25.8 Å². The number of Topliss-reactive ketones (excluding diaryl/α,β-unsaturated/α-hetero) is 1. The number of ketones is 1. The number of benzene rings is 2. The van der Waals surface area contributed by atoms with Crippen molar-refractivity contribution in [2.24, 2.45) is 4.99 Å². The first-order chi connectivity index (χ1) is 16.4. The third-order valence-corrected chi connectivity index (χ3v) is 6.37. The number of hydrogen-bond donors (Lipinski definition) is 2. The van der Waals surface area contributed by atoms with Crippen molar-refractivity contribution in [1.29, 1.82) is 0 Å². The van der Waals surface area contributed by atoms with E-state index in [1.807, 2.05) is 48.2 Å². The molecule has 1 amide bonds. The van der Waals surface area contributed by atoms with Crippen molar-refractivity contribution in [2.45, 2.75) is 32.2 Å².